The smallest absolute Gasteiger partial charge is 0.283 e. The normalized spacial score (nSPS) is 14.9. The van der Waals surface area contributed by atoms with E-state index in [9.17, 15) is 9.59 Å². The number of amidine groups is 1. The van der Waals surface area contributed by atoms with Gasteiger partial charge in [-0.25, -0.2) is 4.99 Å². The van der Waals surface area contributed by atoms with Gasteiger partial charge in [-0.1, -0.05) is 60.0 Å². The second-order valence-corrected chi connectivity index (χ2v) is 9.49. The van der Waals surface area contributed by atoms with Crippen LogP contribution in [-0.2, 0) is 9.59 Å². The van der Waals surface area contributed by atoms with E-state index < -0.39 is 0 Å². The third-order valence-corrected chi connectivity index (χ3v) is 6.71. The number of anilines is 2. The summed E-state index contributed by atoms with van der Waals surface area (Å²) in [5.74, 6) is 0.951. The van der Waals surface area contributed by atoms with Crippen LogP contribution in [0.4, 0.5) is 10.8 Å². The molecule has 0 saturated heterocycles. The van der Waals surface area contributed by atoms with Gasteiger partial charge in [-0.2, -0.15) is 0 Å². The molecule has 3 heterocycles. The fraction of sp³-hybridized carbons (Fsp3) is 0.150. The van der Waals surface area contributed by atoms with Gasteiger partial charge in [0.1, 0.15) is 11.5 Å². The molecule has 1 aliphatic rings. The van der Waals surface area contributed by atoms with Gasteiger partial charge in [-0.05, 0) is 30.0 Å². The molecule has 2 aromatic heterocycles. The molecule has 2 amide bonds. The third kappa shape index (κ3) is 5.24. The van der Waals surface area contributed by atoms with Gasteiger partial charge in [-0.3, -0.25) is 19.8 Å². The van der Waals surface area contributed by atoms with Crippen molar-refractivity contribution in [3.63, 3.8) is 0 Å². The maximum absolute atomic E-state index is 13.0. The summed E-state index contributed by atoms with van der Waals surface area (Å²) in [4.78, 5) is 31.4. The van der Waals surface area contributed by atoms with Gasteiger partial charge in [0.2, 0.25) is 11.0 Å². The predicted molar refractivity (Wildman–Crippen MR) is 125 cm³/mol. The van der Waals surface area contributed by atoms with Crippen LogP contribution in [-0.4, -0.2) is 38.7 Å². The van der Waals surface area contributed by atoms with E-state index in [0.717, 1.165) is 10.1 Å². The molecule has 0 bridgehead atoms. The van der Waals surface area contributed by atoms with Crippen molar-refractivity contribution in [1.82, 2.24) is 10.2 Å². The number of furan rings is 1. The molecule has 11 heteroatoms. The van der Waals surface area contributed by atoms with Crippen molar-refractivity contribution in [2.45, 2.75) is 11.3 Å². The second kappa shape index (κ2) is 9.94. The SMILES string of the molecule is CCSc1nnc(NC(=O)CSC2=N/C(=C\c3ccco3)C(=O)N2c2ccccc2)s1. The predicted octanol–water partition coefficient (Wildman–Crippen LogP) is 4.36. The van der Waals surface area contributed by atoms with Crippen LogP contribution >= 0.6 is 34.9 Å². The zero-order valence-electron chi connectivity index (χ0n) is 16.3. The van der Waals surface area contributed by atoms with Crippen molar-refractivity contribution in [3.8, 4) is 0 Å². The lowest BCUT2D eigenvalue weighted by atomic mass is 10.2. The fourth-order valence-corrected chi connectivity index (χ4v) is 5.11. The number of nitrogens with one attached hydrogen (secondary N) is 1. The summed E-state index contributed by atoms with van der Waals surface area (Å²) in [5.41, 5.74) is 0.916. The Morgan fingerprint density at radius 3 is 2.77 bits per heavy atom. The first-order valence-corrected chi connectivity index (χ1v) is 12.0. The van der Waals surface area contributed by atoms with Crippen molar-refractivity contribution < 1.29 is 14.0 Å². The lowest BCUT2D eigenvalue weighted by Crippen LogP contribution is -2.31. The number of benzene rings is 1. The average Bonchev–Trinajstić information content (AvgIpc) is 3.50. The summed E-state index contributed by atoms with van der Waals surface area (Å²) in [6.45, 7) is 2.03. The number of carbonyl (C=O) groups excluding carboxylic acids is 2. The Morgan fingerprint density at radius 1 is 1.19 bits per heavy atom. The Bertz CT molecular complexity index is 1130. The molecule has 1 aromatic carbocycles. The lowest BCUT2D eigenvalue weighted by Gasteiger charge is -2.17. The minimum absolute atomic E-state index is 0.0688. The minimum atomic E-state index is -0.282. The number of thioether (sulfide) groups is 2. The van der Waals surface area contributed by atoms with E-state index in [4.69, 9.17) is 4.42 Å². The number of hydrogen-bond donors (Lipinski definition) is 1. The van der Waals surface area contributed by atoms with Gasteiger partial charge in [-0.15, -0.1) is 10.2 Å². The van der Waals surface area contributed by atoms with Crippen molar-refractivity contribution >= 4 is 68.7 Å². The zero-order chi connectivity index (χ0) is 21.6. The standard InChI is InChI=1S/C20H17N5O3S3/c1-2-29-20-24-23-18(31-20)22-16(26)12-30-19-21-15(11-14-9-6-10-28-14)17(27)25(19)13-7-4-3-5-8-13/h3-11H,2,12H2,1H3,(H,22,23,26)/b15-11-. The van der Waals surface area contributed by atoms with Crippen molar-refractivity contribution in [3.05, 3.63) is 60.2 Å². The number of carbonyl (C=O) groups is 2. The van der Waals surface area contributed by atoms with Gasteiger partial charge in [0.15, 0.2) is 9.51 Å². The van der Waals surface area contributed by atoms with E-state index in [-0.39, 0.29) is 23.3 Å². The number of para-hydroxylation sites is 1. The Morgan fingerprint density at radius 2 is 2.03 bits per heavy atom. The number of rotatable bonds is 7. The van der Waals surface area contributed by atoms with E-state index in [2.05, 4.69) is 20.5 Å². The highest BCUT2D eigenvalue weighted by Crippen LogP contribution is 2.30. The summed E-state index contributed by atoms with van der Waals surface area (Å²) in [6, 6.07) is 12.7. The molecule has 8 nitrogen and oxygen atoms in total. The molecule has 0 radical (unpaired) electrons. The highest BCUT2D eigenvalue weighted by Gasteiger charge is 2.32. The number of amides is 2. The summed E-state index contributed by atoms with van der Waals surface area (Å²) in [5, 5.41) is 11.6. The molecule has 0 aliphatic carbocycles. The van der Waals surface area contributed by atoms with E-state index in [1.54, 1.807) is 30.0 Å². The van der Waals surface area contributed by atoms with Crippen molar-refractivity contribution in [2.24, 2.45) is 4.99 Å². The Hall–Kier alpha value is -2.89. The van der Waals surface area contributed by atoms with Gasteiger partial charge in [0.05, 0.1) is 17.7 Å². The van der Waals surface area contributed by atoms with Crippen LogP contribution in [0, 0.1) is 0 Å². The summed E-state index contributed by atoms with van der Waals surface area (Å²) < 4.78 is 6.11. The van der Waals surface area contributed by atoms with Gasteiger partial charge < -0.3 is 4.42 Å². The van der Waals surface area contributed by atoms with Gasteiger partial charge in [0.25, 0.3) is 5.91 Å². The van der Waals surface area contributed by atoms with Gasteiger partial charge >= 0.3 is 0 Å². The first-order valence-electron chi connectivity index (χ1n) is 9.26. The molecule has 0 spiro atoms. The molecular weight excluding hydrogens is 454 g/mol. The molecule has 0 saturated carbocycles. The van der Waals surface area contributed by atoms with Crippen molar-refractivity contribution in [2.75, 3.05) is 21.7 Å². The number of aliphatic imine (C=N–C) groups is 1. The maximum atomic E-state index is 13.0. The fourth-order valence-electron chi connectivity index (χ4n) is 2.63. The van der Waals surface area contributed by atoms with E-state index in [0.29, 0.717) is 21.7 Å². The first-order chi connectivity index (χ1) is 15.1. The Balaban J connectivity index is 1.49. The van der Waals surface area contributed by atoms with Crippen LogP contribution in [0.25, 0.3) is 6.08 Å². The van der Waals surface area contributed by atoms with Crippen LogP contribution in [0.5, 0.6) is 0 Å². The van der Waals surface area contributed by atoms with E-state index >= 15 is 0 Å². The molecular formula is C20H17N5O3S3. The quantitative estimate of drug-likeness (QED) is 0.310. The lowest BCUT2D eigenvalue weighted by molar-refractivity contribution is -0.114. The molecule has 31 heavy (non-hydrogen) atoms. The summed E-state index contributed by atoms with van der Waals surface area (Å²) in [7, 11) is 0. The molecule has 1 aliphatic heterocycles. The Kier molecular flexibility index (Phi) is 6.85. The average molecular weight is 472 g/mol. The highest BCUT2D eigenvalue weighted by atomic mass is 32.2. The second-order valence-electron chi connectivity index (χ2n) is 6.06. The summed E-state index contributed by atoms with van der Waals surface area (Å²) >= 11 is 4.07. The third-order valence-electron chi connectivity index (χ3n) is 3.92. The molecule has 0 unspecified atom stereocenters. The van der Waals surface area contributed by atoms with Crippen LogP contribution in [0.3, 0.4) is 0 Å². The minimum Gasteiger partial charge on any atom is -0.465 e. The zero-order valence-corrected chi connectivity index (χ0v) is 18.8. The summed E-state index contributed by atoms with van der Waals surface area (Å²) in [6.07, 6.45) is 3.11. The van der Waals surface area contributed by atoms with E-state index in [1.165, 1.54) is 34.3 Å². The molecule has 4 rings (SSSR count). The monoisotopic (exact) mass is 471 g/mol. The van der Waals surface area contributed by atoms with Crippen LogP contribution < -0.4 is 10.2 Å². The number of aromatic nitrogens is 2. The highest BCUT2D eigenvalue weighted by molar-refractivity contribution is 8.14. The molecule has 0 atom stereocenters. The van der Waals surface area contributed by atoms with Crippen LogP contribution in [0.1, 0.15) is 12.7 Å². The van der Waals surface area contributed by atoms with Crippen LogP contribution in [0.2, 0.25) is 0 Å². The van der Waals surface area contributed by atoms with E-state index in [1.807, 2.05) is 37.3 Å². The molecule has 1 N–H and O–H groups in total. The largest absolute Gasteiger partial charge is 0.465 e. The molecule has 158 valence electrons. The van der Waals surface area contributed by atoms with Gasteiger partial charge in [0, 0.05) is 6.08 Å². The Labute approximate surface area is 190 Å². The number of hydrogen-bond acceptors (Lipinski definition) is 9. The van der Waals surface area contributed by atoms with Crippen LogP contribution in [0.15, 0.2) is 68.2 Å². The molecule has 0 fully saturated rings. The topological polar surface area (TPSA) is 101 Å². The first kappa shape index (κ1) is 21.3. The number of nitrogens with zero attached hydrogens (tertiary/aromatic N) is 4. The maximum Gasteiger partial charge on any atom is 0.283 e. The molecule has 3 aromatic rings. The van der Waals surface area contributed by atoms with Crippen molar-refractivity contribution in [1.29, 1.82) is 0 Å².